The summed E-state index contributed by atoms with van der Waals surface area (Å²) in [6.07, 6.45) is 2.38. The fourth-order valence-corrected chi connectivity index (χ4v) is 0.678. The number of aromatic nitrogens is 1. The van der Waals surface area contributed by atoms with Crippen molar-refractivity contribution >= 4 is 5.69 Å². The van der Waals surface area contributed by atoms with Crippen molar-refractivity contribution in [2.75, 3.05) is 0 Å². The van der Waals surface area contributed by atoms with Crippen molar-refractivity contribution in [1.82, 2.24) is 4.98 Å². The van der Waals surface area contributed by atoms with E-state index in [1.165, 1.54) is 6.20 Å². The molecule has 1 heterocycles. The minimum absolute atomic E-state index is 0.315. The lowest BCUT2D eigenvalue weighted by atomic mass is 10.3. The van der Waals surface area contributed by atoms with Gasteiger partial charge in [0.2, 0.25) is 5.75 Å². The van der Waals surface area contributed by atoms with Crippen molar-refractivity contribution in [3.8, 4) is 5.75 Å². The zero-order chi connectivity index (χ0) is 8.43. The van der Waals surface area contributed by atoms with Gasteiger partial charge in [-0.05, 0) is 6.92 Å². The number of nitro groups is 1. The normalized spacial score (nSPS) is 9.55. The molecule has 11 heavy (non-hydrogen) atoms. The van der Waals surface area contributed by atoms with Crippen LogP contribution in [0.3, 0.4) is 0 Å². The summed E-state index contributed by atoms with van der Waals surface area (Å²) < 4.78 is 0. The summed E-state index contributed by atoms with van der Waals surface area (Å²) in [5.41, 5.74) is 0.0456. The third-order valence-electron chi connectivity index (χ3n) is 1.28. The number of hydrogen-bond acceptors (Lipinski definition) is 4. The van der Waals surface area contributed by atoms with Gasteiger partial charge in [-0.2, -0.15) is 0 Å². The number of aryl methyl sites for hydroxylation is 1. The topological polar surface area (TPSA) is 76.3 Å². The van der Waals surface area contributed by atoms with Crippen LogP contribution in [0.15, 0.2) is 12.4 Å². The fourth-order valence-electron chi connectivity index (χ4n) is 0.678. The van der Waals surface area contributed by atoms with Gasteiger partial charge in [0.15, 0.2) is 0 Å². The second kappa shape index (κ2) is 2.53. The van der Waals surface area contributed by atoms with E-state index in [2.05, 4.69) is 4.98 Å². The van der Waals surface area contributed by atoms with Crippen molar-refractivity contribution in [3.05, 3.63) is 28.1 Å². The molecule has 1 aromatic rings. The summed E-state index contributed by atoms with van der Waals surface area (Å²) in [5, 5.41) is 19.3. The highest BCUT2D eigenvalue weighted by Gasteiger charge is 2.14. The van der Waals surface area contributed by atoms with Crippen LogP contribution >= 0.6 is 0 Å². The summed E-state index contributed by atoms with van der Waals surface area (Å²) in [7, 11) is 0. The SMILES string of the molecule is Cc1cncc([N+](=O)[O-])c1O. The van der Waals surface area contributed by atoms with Gasteiger partial charge < -0.3 is 5.11 Å². The van der Waals surface area contributed by atoms with E-state index in [1.807, 2.05) is 0 Å². The van der Waals surface area contributed by atoms with Gasteiger partial charge >= 0.3 is 5.69 Å². The Balaban J connectivity index is 3.27. The Morgan fingerprint density at radius 2 is 2.27 bits per heavy atom. The molecule has 1 rings (SSSR count). The molecule has 0 spiro atoms. The number of pyridine rings is 1. The quantitative estimate of drug-likeness (QED) is 0.483. The van der Waals surface area contributed by atoms with Crippen molar-refractivity contribution < 1.29 is 10.0 Å². The molecule has 0 unspecified atom stereocenters. The van der Waals surface area contributed by atoms with E-state index in [9.17, 15) is 10.1 Å². The predicted molar refractivity (Wildman–Crippen MR) is 37.3 cm³/mol. The molecule has 0 aliphatic carbocycles. The molecule has 0 saturated carbocycles. The molecule has 1 N–H and O–H groups in total. The van der Waals surface area contributed by atoms with Gasteiger partial charge in [0.25, 0.3) is 0 Å². The Morgan fingerprint density at radius 3 is 2.73 bits per heavy atom. The summed E-state index contributed by atoms with van der Waals surface area (Å²) >= 11 is 0. The highest BCUT2D eigenvalue weighted by atomic mass is 16.6. The first-order valence-electron chi connectivity index (χ1n) is 2.91. The summed E-state index contributed by atoms with van der Waals surface area (Å²) in [6.45, 7) is 1.55. The Labute approximate surface area is 62.5 Å². The van der Waals surface area contributed by atoms with Crippen LogP contribution in [0.5, 0.6) is 5.75 Å². The van der Waals surface area contributed by atoms with Gasteiger partial charge in [-0.3, -0.25) is 15.1 Å². The molecule has 0 saturated heterocycles. The maximum atomic E-state index is 10.2. The highest BCUT2D eigenvalue weighted by Crippen LogP contribution is 2.26. The van der Waals surface area contributed by atoms with Crippen LogP contribution < -0.4 is 0 Å². The minimum atomic E-state index is -0.671. The van der Waals surface area contributed by atoms with E-state index in [0.717, 1.165) is 6.20 Å². The van der Waals surface area contributed by atoms with Gasteiger partial charge in [0.05, 0.1) is 4.92 Å². The number of nitrogens with zero attached hydrogens (tertiary/aromatic N) is 2. The van der Waals surface area contributed by atoms with Crippen LogP contribution in [0, 0.1) is 17.0 Å². The van der Waals surface area contributed by atoms with Crippen LogP contribution in [0.1, 0.15) is 5.56 Å². The molecule has 0 radical (unpaired) electrons. The highest BCUT2D eigenvalue weighted by molar-refractivity contribution is 5.47. The van der Waals surface area contributed by atoms with Crippen molar-refractivity contribution in [2.45, 2.75) is 6.92 Å². The zero-order valence-corrected chi connectivity index (χ0v) is 5.81. The summed E-state index contributed by atoms with van der Waals surface area (Å²) in [4.78, 5) is 13.1. The summed E-state index contributed by atoms with van der Waals surface area (Å²) in [6, 6.07) is 0. The second-order valence-corrected chi connectivity index (χ2v) is 2.08. The molecule has 0 aliphatic rings. The molecule has 0 fully saturated rings. The monoisotopic (exact) mass is 154 g/mol. The lowest BCUT2D eigenvalue weighted by molar-refractivity contribution is -0.386. The van der Waals surface area contributed by atoms with Gasteiger partial charge in [0, 0.05) is 11.8 Å². The molecule has 0 atom stereocenters. The molecule has 0 aliphatic heterocycles. The number of aromatic hydroxyl groups is 1. The third kappa shape index (κ3) is 1.26. The first-order valence-corrected chi connectivity index (χ1v) is 2.91. The zero-order valence-electron chi connectivity index (χ0n) is 5.81. The maximum absolute atomic E-state index is 10.2. The van der Waals surface area contributed by atoms with E-state index in [1.54, 1.807) is 6.92 Å². The van der Waals surface area contributed by atoms with Gasteiger partial charge in [-0.1, -0.05) is 0 Å². The molecule has 58 valence electrons. The first-order chi connectivity index (χ1) is 5.13. The molecule has 0 amide bonds. The smallest absolute Gasteiger partial charge is 0.329 e. The van der Waals surface area contributed by atoms with E-state index < -0.39 is 4.92 Å². The van der Waals surface area contributed by atoms with Crippen molar-refractivity contribution in [1.29, 1.82) is 0 Å². The Bertz CT molecular complexity index is 298. The second-order valence-electron chi connectivity index (χ2n) is 2.08. The first kappa shape index (κ1) is 7.46. The van der Waals surface area contributed by atoms with Crippen LogP contribution in [0.4, 0.5) is 5.69 Å². The van der Waals surface area contributed by atoms with Crippen LogP contribution in [0.25, 0.3) is 0 Å². The van der Waals surface area contributed by atoms with Gasteiger partial charge in [0.1, 0.15) is 6.20 Å². The molecular formula is C6H6N2O3. The minimum Gasteiger partial charge on any atom is -0.502 e. The lowest BCUT2D eigenvalue weighted by Gasteiger charge is -1.96. The van der Waals surface area contributed by atoms with E-state index >= 15 is 0 Å². The fraction of sp³-hybridized carbons (Fsp3) is 0.167. The van der Waals surface area contributed by atoms with Crippen LogP contribution in [-0.2, 0) is 0 Å². The lowest BCUT2D eigenvalue weighted by Crippen LogP contribution is -1.90. The van der Waals surface area contributed by atoms with Gasteiger partial charge in [-0.15, -0.1) is 0 Å². The molecule has 5 heteroatoms. The Morgan fingerprint density at radius 1 is 1.64 bits per heavy atom. The van der Waals surface area contributed by atoms with E-state index in [4.69, 9.17) is 5.11 Å². The molecular weight excluding hydrogens is 148 g/mol. The van der Waals surface area contributed by atoms with Crippen molar-refractivity contribution in [3.63, 3.8) is 0 Å². The largest absolute Gasteiger partial charge is 0.502 e. The Hall–Kier alpha value is -1.65. The molecule has 5 nitrogen and oxygen atoms in total. The standard InChI is InChI=1S/C6H6N2O3/c1-4-2-7-3-5(6(4)9)8(10)11/h2-3H,1H3,(H,7,9). The number of hydrogen-bond donors (Lipinski definition) is 1. The molecule has 0 aromatic carbocycles. The maximum Gasteiger partial charge on any atom is 0.329 e. The molecule has 1 aromatic heterocycles. The Kier molecular flexibility index (Phi) is 1.72. The van der Waals surface area contributed by atoms with E-state index in [-0.39, 0.29) is 11.4 Å². The van der Waals surface area contributed by atoms with Gasteiger partial charge in [-0.25, -0.2) is 0 Å². The van der Waals surface area contributed by atoms with Crippen LogP contribution in [-0.4, -0.2) is 15.0 Å². The summed E-state index contributed by atoms with van der Waals surface area (Å²) in [5.74, 6) is -0.315. The van der Waals surface area contributed by atoms with Crippen molar-refractivity contribution in [2.24, 2.45) is 0 Å². The average molecular weight is 154 g/mol. The molecule has 0 bridgehead atoms. The average Bonchev–Trinajstić information content (AvgIpc) is 1.94. The van der Waals surface area contributed by atoms with Crippen LogP contribution in [0.2, 0.25) is 0 Å². The van der Waals surface area contributed by atoms with E-state index in [0.29, 0.717) is 5.56 Å². The third-order valence-corrected chi connectivity index (χ3v) is 1.28. The predicted octanol–water partition coefficient (Wildman–Crippen LogP) is 1.00. The number of rotatable bonds is 1.